The van der Waals surface area contributed by atoms with Gasteiger partial charge in [0.1, 0.15) is 13.2 Å². The summed E-state index contributed by atoms with van der Waals surface area (Å²) in [5.74, 6) is -0.623. The smallest absolute Gasteiger partial charge is 0.407 e. The van der Waals surface area contributed by atoms with Crippen molar-refractivity contribution in [1.82, 2.24) is 20.2 Å². The summed E-state index contributed by atoms with van der Waals surface area (Å²) in [6, 6.07) is 14.6. The highest BCUT2D eigenvalue weighted by Gasteiger charge is 2.26. The summed E-state index contributed by atoms with van der Waals surface area (Å²) >= 11 is 0. The normalized spacial score (nSPS) is 12.8. The predicted molar refractivity (Wildman–Crippen MR) is 156 cm³/mol. The molecule has 1 fully saturated rings. The molecule has 3 N–H and O–H groups in total. The quantitative estimate of drug-likeness (QED) is 0.214. The second-order valence-corrected chi connectivity index (χ2v) is 10.1. The lowest BCUT2D eigenvalue weighted by atomic mass is 10.1. The Morgan fingerprint density at radius 1 is 1.05 bits per heavy atom. The molecule has 0 unspecified atom stereocenters. The Balaban J connectivity index is 1.19. The number of hydrogen-bond acceptors (Lipinski definition) is 7. The molecule has 2 heterocycles. The van der Waals surface area contributed by atoms with Crippen molar-refractivity contribution < 1.29 is 18.7 Å². The van der Waals surface area contributed by atoms with Crippen LogP contribution < -0.4 is 26.1 Å². The van der Waals surface area contributed by atoms with Gasteiger partial charge in [0.15, 0.2) is 17.0 Å². The molecule has 0 radical (unpaired) electrons. The van der Waals surface area contributed by atoms with Crippen molar-refractivity contribution in [3.8, 4) is 5.75 Å². The summed E-state index contributed by atoms with van der Waals surface area (Å²) in [6.45, 7) is 3.13. The topological polar surface area (TPSA) is 107 Å². The molecule has 5 rings (SSSR count). The highest BCUT2D eigenvalue weighted by atomic mass is 19.1. The Kier molecular flexibility index (Phi) is 8.79. The number of hydrogen-bond donors (Lipinski definition) is 3. The maximum atomic E-state index is 15.0. The molecular weight excluding hydrogens is 525 g/mol. The van der Waals surface area contributed by atoms with Crippen molar-refractivity contribution in [2.75, 3.05) is 25.6 Å². The van der Waals surface area contributed by atoms with E-state index in [1.165, 1.54) is 6.07 Å². The van der Waals surface area contributed by atoms with Gasteiger partial charge in [0.05, 0.1) is 5.52 Å². The van der Waals surface area contributed by atoms with E-state index >= 15 is 4.39 Å². The number of ether oxygens (including phenoxy) is 2. The largest absolute Gasteiger partial charge is 0.487 e. The second-order valence-electron chi connectivity index (χ2n) is 10.1. The van der Waals surface area contributed by atoms with Crippen LogP contribution in [0.4, 0.5) is 14.9 Å². The molecule has 0 aliphatic heterocycles. The molecule has 9 nitrogen and oxygen atoms in total. The van der Waals surface area contributed by atoms with Gasteiger partial charge in [-0.05, 0) is 61.2 Å². The van der Waals surface area contributed by atoms with Crippen molar-refractivity contribution in [3.63, 3.8) is 0 Å². The molecule has 1 amide bonds. The van der Waals surface area contributed by atoms with Crippen LogP contribution in [0, 0.1) is 12.7 Å². The molecule has 4 aromatic rings. The van der Waals surface area contributed by atoms with Crippen molar-refractivity contribution in [1.29, 1.82) is 0 Å². The standard InChI is InChI=1S/C31H34FN5O4/c1-20-13-22(9-10-35-20)16-34-18-23-19-37(25-7-8-25)28-15-29(27(32)14-26(28)30(23)38)40-11-12-41-31(39)36-17-21-3-5-24(33-2)6-4-21/h3-6,9-10,13-15,19,25,33-34H,7-8,11-12,16-18H2,1-2H3,(H,36,39). The Morgan fingerprint density at radius 2 is 1.85 bits per heavy atom. The molecule has 0 bridgehead atoms. The number of carbonyl (C=O) groups excluding carboxylic acids is 1. The zero-order valence-corrected chi connectivity index (χ0v) is 23.2. The first-order valence-electron chi connectivity index (χ1n) is 13.7. The van der Waals surface area contributed by atoms with Crippen molar-refractivity contribution >= 4 is 22.7 Å². The zero-order chi connectivity index (χ0) is 28.8. The van der Waals surface area contributed by atoms with E-state index in [-0.39, 0.29) is 30.4 Å². The van der Waals surface area contributed by atoms with Gasteiger partial charge < -0.3 is 30.0 Å². The third kappa shape index (κ3) is 7.20. The van der Waals surface area contributed by atoms with E-state index in [9.17, 15) is 9.59 Å². The molecule has 0 spiro atoms. The van der Waals surface area contributed by atoms with Crippen LogP contribution >= 0.6 is 0 Å². The minimum Gasteiger partial charge on any atom is -0.487 e. The Bertz CT molecular complexity index is 1580. The molecule has 0 saturated heterocycles. The number of carbonyl (C=O) groups is 1. The Labute approximate surface area is 237 Å². The fourth-order valence-electron chi connectivity index (χ4n) is 4.65. The molecule has 0 atom stereocenters. The first-order chi connectivity index (χ1) is 19.9. The lowest BCUT2D eigenvalue weighted by Crippen LogP contribution is -2.25. The molecule has 41 heavy (non-hydrogen) atoms. The molecule has 1 saturated carbocycles. The Hall–Kier alpha value is -4.44. The summed E-state index contributed by atoms with van der Waals surface area (Å²) in [6.07, 6.45) is 5.04. The number of anilines is 1. The minimum absolute atomic E-state index is 0.0128. The van der Waals surface area contributed by atoms with E-state index in [2.05, 4.69) is 20.9 Å². The van der Waals surface area contributed by atoms with Gasteiger partial charge in [0.2, 0.25) is 0 Å². The number of fused-ring (bicyclic) bond motifs is 1. The Morgan fingerprint density at radius 3 is 2.59 bits per heavy atom. The van der Waals surface area contributed by atoms with Crippen molar-refractivity contribution in [2.24, 2.45) is 0 Å². The average molecular weight is 560 g/mol. The minimum atomic E-state index is -0.635. The first kappa shape index (κ1) is 28.1. The molecular formula is C31H34FN5O4. The second kappa shape index (κ2) is 12.8. The van der Waals surface area contributed by atoms with Crippen LogP contribution in [0.1, 0.15) is 41.3 Å². The highest BCUT2D eigenvalue weighted by molar-refractivity contribution is 5.81. The highest BCUT2D eigenvalue weighted by Crippen LogP contribution is 2.38. The van der Waals surface area contributed by atoms with Crippen molar-refractivity contribution in [3.05, 3.63) is 99.3 Å². The molecule has 1 aliphatic carbocycles. The van der Waals surface area contributed by atoms with Gasteiger partial charge in [0, 0.05) is 73.5 Å². The molecule has 2 aromatic heterocycles. The van der Waals surface area contributed by atoms with E-state index in [0.717, 1.165) is 35.3 Å². The fourth-order valence-corrected chi connectivity index (χ4v) is 4.65. The summed E-state index contributed by atoms with van der Waals surface area (Å²) in [5.41, 5.74) is 4.93. The van der Waals surface area contributed by atoms with Crippen LogP contribution in [0.15, 0.2) is 65.7 Å². The molecule has 1 aliphatic rings. The summed E-state index contributed by atoms with van der Waals surface area (Å²) in [7, 11) is 1.84. The first-order valence-corrected chi connectivity index (χ1v) is 13.7. The van der Waals surface area contributed by atoms with E-state index in [4.69, 9.17) is 9.47 Å². The van der Waals surface area contributed by atoms with Crippen LogP contribution in [0.3, 0.4) is 0 Å². The number of halogens is 1. The van der Waals surface area contributed by atoms with E-state index in [1.54, 1.807) is 12.3 Å². The summed E-state index contributed by atoms with van der Waals surface area (Å²) in [5, 5.41) is 9.35. The SMILES string of the molecule is CNc1ccc(CNC(=O)OCCOc2cc3c(cc2F)c(=O)c(CNCc2ccnc(C)c2)cn3C2CC2)cc1. The third-order valence-corrected chi connectivity index (χ3v) is 6.96. The number of aryl methyl sites for hydroxylation is 1. The molecule has 10 heteroatoms. The van der Waals surface area contributed by atoms with Gasteiger partial charge in [-0.15, -0.1) is 0 Å². The number of rotatable bonds is 12. The van der Waals surface area contributed by atoms with Gasteiger partial charge in [-0.1, -0.05) is 12.1 Å². The molecule has 214 valence electrons. The number of benzene rings is 2. The monoisotopic (exact) mass is 559 g/mol. The van der Waals surface area contributed by atoms with Gasteiger partial charge >= 0.3 is 6.09 Å². The molecule has 2 aromatic carbocycles. The predicted octanol–water partition coefficient (Wildman–Crippen LogP) is 4.82. The fraction of sp³-hybridized carbons (Fsp3) is 0.323. The van der Waals surface area contributed by atoms with E-state index in [0.29, 0.717) is 36.1 Å². The van der Waals surface area contributed by atoms with Gasteiger partial charge in [-0.25, -0.2) is 9.18 Å². The average Bonchev–Trinajstić information content (AvgIpc) is 3.82. The maximum Gasteiger partial charge on any atom is 0.407 e. The lowest BCUT2D eigenvalue weighted by Gasteiger charge is -2.16. The summed E-state index contributed by atoms with van der Waals surface area (Å²) < 4.78 is 27.8. The van der Waals surface area contributed by atoms with Crippen LogP contribution in [-0.4, -0.2) is 35.9 Å². The van der Waals surface area contributed by atoms with E-state index < -0.39 is 11.9 Å². The number of aromatic nitrogens is 2. The number of nitrogens with one attached hydrogen (secondary N) is 3. The summed E-state index contributed by atoms with van der Waals surface area (Å²) in [4.78, 5) is 29.5. The van der Waals surface area contributed by atoms with Gasteiger partial charge in [-0.2, -0.15) is 0 Å². The number of alkyl carbamates (subject to hydrolysis) is 1. The lowest BCUT2D eigenvalue weighted by molar-refractivity contribution is 0.123. The van der Waals surface area contributed by atoms with Gasteiger partial charge in [-0.3, -0.25) is 9.78 Å². The third-order valence-electron chi connectivity index (χ3n) is 6.96. The number of pyridine rings is 2. The van der Waals surface area contributed by atoms with Crippen molar-refractivity contribution in [2.45, 2.75) is 45.4 Å². The number of nitrogens with zero attached hydrogens (tertiary/aromatic N) is 2. The van der Waals surface area contributed by atoms with Crippen LogP contribution in [0.2, 0.25) is 0 Å². The maximum absolute atomic E-state index is 15.0. The number of amides is 1. The van der Waals surface area contributed by atoms with E-state index in [1.807, 2.05) is 61.1 Å². The van der Waals surface area contributed by atoms with Crippen LogP contribution in [0.25, 0.3) is 10.9 Å². The zero-order valence-electron chi connectivity index (χ0n) is 23.2. The van der Waals surface area contributed by atoms with Crippen LogP contribution in [0.5, 0.6) is 5.75 Å². The van der Waals surface area contributed by atoms with Gasteiger partial charge in [0.25, 0.3) is 0 Å². The van der Waals surface area contributed by atoms with Crippen LogP contribution in [-0.2, 0) is 24.4 Å².